The minimum absolute atomic E-state index is 0.134. The van der Waals surface area contributed by atoms with Crippen molar-refractivity contribution in [2.24, 2.45) is 5.73 Å². The van der Waals surface area contributed by atoms with Gasteiger partial charge in [0.15, 0.2) is 0 Å². The van der Waals surface area contributed by atoms with E-state index in [-0.39, 0.29) is 18.2 Å². The van der Waals surface area contributed by atoms with Crippen molar-refractivity contribution < 1.29 is 9.90 Å². The maximum Gasteiger partial charge on any atom is 0.349 e. The Morgan fingerprint density at radius 2 is 2.33 bits per heavy atom. The largest absolute Gasteiger partial charge is 0.477 e. The van der Waals surface area contributed by atoms with Gasteiger partial charge in [-0.05, 0) is 6.92 Å². The van der Waals surface area contributed by atoms with Crippen molar-refractivity contribution in [3.8, 4) is 0 Å². The van der Waals surface area contributed by atoms with Crippen molar-refractivity contribution in [3.63, 3.8) is 0 Å². The van der Waals surface area contributed by atoms with Crippen molar-refractivity contribution in [1.29, 1.82) is 5.41 Å². The molecule has 0 aliphatic heterocycles. The highest BCUT2D eigenvalue weighted by atomic mass is 16.4. The van der Waals surface area contributed by atoms with Gasteiger partial charge >= 0.3 is 5.97 Å². The second kappa shape index (κ2) is 3.19. The molecule has 0 saturated carbocycles. The van der Waals surface area contributed by atoms with E-state index in [1.807, 2.05) is 0 Å². The smallest absolute Gasteiger partial charge is 0.349 e. The summed E-state index contributed by atoms with van der Waals surface area (Å²) < 4.78 is 0. The van der Waals surface area contributed by atoms with Crippen LogP contribution >= 0.6 is 0 Å². The zero-order valence-corrected chi connectivity index (χ0v) is 5.22. The number of hydrogen-bond acceptors (Lipinski definition) is 3. The zero-order chi connectivity index (χ0) is 7.44. The lowest BCUT2D eigenvalue weighted by molar-refractivity contribution is -0.129. The second-order valence-electron chi connectivity index (χ2n) is 1.97. The van der Waals surface area contributed by atoms with E-state index < -0.39 is 5.97 Å². The molecule has 0 bridgehead atoms. The highest BCUT2D eigenvalue weighted by molar-refractivity contribution is 6.34. The molecule has 0 unspecified atom stereocenters. The first-order valence-corrected chi connectivity index (χ1v) is 2.60. The number of carboxylic acid groups (broad SMARTS) is 1. The molecule has 0 amide bonds. The van der Waals surface area contributed by atoms with Crippen LogP contribution in [0.1, 0.15) is 13.3 Å². The maximum atomic E-state index is 9.95. The molecular weight excluding hydrogens is 120 g/mol. The van der Waals surface area contributed by atoms with Gasteiger partial charge in [-0.3, -0.25) is 5.41 Å². The van der Waals surface area contributed by atoms with Gasteiger partial charge in [0.05, 0.1) is 0 Å². The predicted molar refractivity (Wildman–Crippen MR) is 33.6 cm³/mol. The minimum Gasteiger partial charge on any atom is -0.477 e. The summed E-state index contributed by atoms with van der Waals surface area (Å²) >= 11 is 0. The van der Waals surface area contributed by atoms with Gasteiger partial charge in [0.1, 0.15) is 5.71 Å². The highest BCUT2D eigenvalue weighted by Crippen LogP contribution is 1.87. The fourth-order valence-electron chi connectivity index (χ4n) is 0.409. The predicted octanol–water partition coefficient (Wildman–Crippen LogP) is -0.172. The molecule has 0 aliphatic rings. The molecule has 0 heterocycles. The molecule has 52 valence electrons. The first-order chi connectivity index (χ1) is 4.04. The Balaban J connectivity index is 3.65. The van der Waals surface area contributed by atoms with Crippen molar-refractivity contribution in [1.82, 2.24) is 0 Å². The summed E-state index contributed by atoms with van der Waals surface area (Å²) in [5.74, 6) is -1.19. The summed E-state index contributed by atoms with van der Waals surface area (Å²) in [6.07, 6.45) is 0.134. The molecule has 4 N–H and O–H groups in total. The molecule has 1 atom stereocenters. The minimum atomic E-state index is -1.19. The van der Waals surface area contributed by atoms with Crippen LogP contribution in [-0.2, 0) is 4.79 Å². The van der Waals surface area contributed by atoms with E-state index in [0.717, 1.165) is 0 Å². The summed E-state index contributed by atoms with van der Waals surface area (Å²) in [4.78, 5) is 9.95. The van der Waals surface area contributed by atoms with E-state index in [1.54, 1.807) is 6.92 Å². The van der Waals surface area contributed by atoms with Gasteiger partial charge in [-0.1, -0.05) is 0 Å². The third kappa shape index (κ3) is 3.66. The maximum absolute atomic E-state index is 9.95. The summed E-state index contributed by atoms with van der Waals surface area (Å²) in [7, 11) is 0. The Morgan fingerprint density at radius 3 is 2.44 bits per heavy atom. The molecule has 0 aromatic rings. The topological polar surface area (TPSA) is 87.2 Å². The number of nitrogens with one attached hydrogen (secondary N) is 1. The third-order valence-electron chi connectivity index (χ3n) is 0.784. The molecule has 0 fully saturated rings. The van der Waals surface area contributed by atoms with Crippen LogP contribution in [0.5, 0.6) is 0 Å². The molecule has 4 nitrogen and oxygen atoms in total. The summed E-state index contributed by atoms with van der Waals surface area (Å²) in [5.41, 5.74) is 4.90. The van der Waals surface area contributed by atoms with Crippen molar-refractivity contribution >= 4 is 11.7 Å². The summed E-state index contributed by atoms with van der Waals surface area (Å²) in [6, 6.07) is -0.242. The first-order valence-electron chi connectivity index (χ1n) is 2.60. The average Bonchev–Trinajstić information content (AvgIpc) is 1.63. The highest BCUT2D eigenvalue weighted by Gasteiger charge is 2.07. The Labute approximate surface area is 53.2 Å². The SMILES string of the molecule is C[C@H](N)CC(=N)C(=O)O. The number of aliphatic carboxylic acids is 1. The van der Waals surface area contributed by atoms with Crippen LogP contribution in [0.3, 0.4) is 0 Å². The molecule has 0 spiro atoms. The van der Waals surface area contributed by atoms with Crippen molar-refractivity contribution in [3.05, 3.63) is 0 Å². The third-order valence-corrected chi connectivity index (χ3v) is 0.784. The average molecular weight is 130 g/mol. The number of nitrogens with two attached hydrogens (primary N) is 1. The van der Waals surface area contributed by atoms with Gasteiger partial charge in [0, 0.05) is 12.5 Å². The van der Waals surface area contributed by atoms with Crippen molar-refractivity contribution in [2.75, 3.05) is 0 Å². The standard InChI is InChI=1S/C5H10N2O2/c1-3(6)2-4(7)5(8)9/h3,7H,2,6H2,1H3,(H,8,9)/t3-/m0/s1. The van der Waals surface area contributed by atoms with Gasteiger partial charge < -0.3 is 10.8 Å². The number of carboxylic acids is 1. The number of carbonyl (C=O) groups is 1. The molecule has 0 aromatic carbocycles. The van der Waals surface area contributed by atoms with Crippen LogP contribution in [0.2, 0.25) is 0 Å². The van der Waals surface area contributed by atoms with E-state index in [0.29, 0.717) is 0 Å². The van der Waals surface area contributed by atoms with E-state index in [9.17, 15) is 4.79 Å². The van der Waals surface area contributed by atoms with Gasteiger partial charge in [-0.2, -0.15) is 0 Å². The molecule has 0 saturated heterocycles. The quantitative estimate of drug-likeness (QED) is 0.463. The fourth-order valence-corrected chi connectivity index (χ4v) is 0.409. The Kier molecular flexibility index (Phi) is 2.87. The van der Waals surface area contributed by atoms with Gasteiger partial charge in [-0.25, -0.2) is 4.79 Å². The van der Waals surface area contributed by atoms with Gasteiger partial charge in [0.2, 0.25) is 0 Å². The lowest BCUT2D eigenvalue weighted by Crippen LogP contribution is -2.23. The van der Waals surface area contributed by atoms with Crippen LogP contribution < -0.4 is 5.73 Å². The summed E-state index contributed by atoms with van der Waals surface area (Å²) in [5, 5.41) is 14.9. The molecule has 0 aliphatic carbocycles. The lowest BCUT2D eigenvalue weighted by Gasteiger charge is -2.00. The van der Waals surface area contributed by atoms with Crippen LogP contribution in [0.4, 0.5) is 0 Å². The molecule has 9 heavy (non-hydrogen) atoms. The van der Waals surface area contributed by atoms with Crippen LogP contribution in [0.15, 0.2) is 0 Å². The van der Waals surface area contributed by atoms with Gasteiger partial charge in [0.25, 0.3) is 0 Å². The van der Waals surface area contributed by atoms with Crippen molar-refractivity contribution in [2.45, 2.75) is 19.4 Å². The monoisotopic (exact) mass is 130 g/mol. The molecular formula is C5H10N2O2. The zero-order valence-electron chi connectivity index (χ0n) is 5.22. The normalized spacial score (nSPS) is 12.7. The number of hydrogen-bond donors (Lipinski definition) is 3. The fraction of sp³-hybridized carbons (Fsp3) is 0.600. The van der Waals surface area contributed by atoms with Crippen LogP contribution in [-0.4, -0.2) is 22.8 Å². The van der Waals surface area contributed by atoms with E-state index in [4.69, 9.17) is 16.2 Å². The van der Waals surface area contributed by atoms with E-state index in [2.05, 4.69) is 0 Å². The van der Waals surface area contributed by atoms with E-state index >= 15 is 0 Å². The molecule has 0 rings (SSSR count). The number of rotatable bonds is 3. The second-order valence-corrected chi connectivity index (χ2v) is 1.97. The molecule has 4 heteroatoms. The Hall–Kier alpha value is -0.900. The Bertz CT molecular complexity index is 131. The lowest BCUT2D eigenvalue weighted by atomic mass is 10.2. The van der Waals surface area contributed by atoms with E-state index in [1.165, 1.54) is 0 Å². The van der Waals surface area contributed by atoms with Crippen LogP contribution in [0.25, 0.3) is 0 Å². The summed E-state index contributed by atoms with van der Waals surface area (Å²) in [6.45, 7) is 1.66. The Morgan fingerprint density at radius 1 is 1.89 bits per heavy atom. The molecule has 0 radical (unpaired) electrons. The molecule has 0 aromatic heterocycles. The van der Waals surface area contributed by atoms with Gasteiger partial charge in [-0.15, -0.1) is 0 Å². The van der Waals surface area contributed by atoms with Crippen LogP contribution in [0, 0.1) is 5.41 Å². The first kappa shape index (κ1) is 8.10.